The molecule has 5 aliphatic carbocycles. The molecule has 1 aromatic carbocycles. The number of halogens is 1. The lowest BCUT2D eigenvalue weighted by atomic mass is 9.33. The summed E-state index contributed by atoms with van der Waals surface area (Å²) in [7, 11) is 2.04. The number of Topliss-reactive ketones (excluding diaryl/α,β-unsaturated/α-hetero) is 1. The van der Waals surface area contributed by atoms with Gasteiger partial charge in [0.2, 0.25) is 0 Å². The number of ketones is 1. The van der Waals surface area contributed by atoms with E-state index in [1.807, 2.05) is 38.2 Å². The van der Waals surface area contributed by atoms with Crippen molar-refractivity contribution in [3.05, 3.63) is 51.7 Å². The lowest BCUT2D eigenvalue weighted by Gasteiger charge is -2.72. The molecule has 57 heavy (non-hydrogen) atoms. The van der Waals surface area contributed by atoms with E-state index in [9.17, 15) is 24.3 Å². The summed E-state index contributed by atoms with van der Waals surface area (Å²) in [6.45, 7) is 24.4. The van der Waals surface area contributed by atoms with Crippen molar-refractivity contribution in [2.45, 2.75) is 146 Å². The number of benzene rings is 1. The molecule has 0 amide bonds. The quantitative estimate of drug-likeness (QED) is 0.102. The molecule has 0 spiro atoms. The van der Waals surface area contributed by atoms with Crippen LogP contribution in [0.5, 0.6) is 0 Å². The summed E-state index contributed by atoms with van der Waals surface area (Å²) in [4.78, 5) is 52.6. The van der Waals surface area contributed by atoms with E-state index in [0.29, 0.717) is 35.4 Å². The zero-order valence-electron chi connectivity index (χ0n) is 36.8. The number of hydrogen-bond donors (Lipinski definition) is 1. The molecule has 1 aromatic rings. The van der Waals surface area contributed by atoms with Gasteiger partial charge >= 0.3 is 11.9 Å². The highest BCUT2D eigenvalue weighted by atomic mass is 35.5. The van der Waals surface area contributed by atoms with E-state index in [-0.39, 0.29) is 51.8 Å². The number of hydrazine groups is 1. The van der Waals surface area contributed by atoms with Crippen LogP contribution >= 0.6 is 11.6 Å². The van der Waals surface area contributed by atoms with Gasteiger partial charge in [-0.25, -0.2) is 0 Å². The second-order valence-electron chi connectivity index (χ2n) is 20.8. The molecule has 0 aliphatic heterocycles. The molecule has 9 heteroatoms. The predicted octanol–water partition coefficient (Wildman–Crippen LogP) is 10.9. The van der Waals surface area contributed by atoms with Crippen LogP contribution in [0.15, 0.2) is 46.7 Å². The van der Waals surface area contributed by atoms with Gasteiger partial charge in [-0.2, -0.15) is 0 Å². The molecule has 4 fully saturated rings. The van der Waals surface area contributed by atoms with Crippen LogP contribution in [-0.2, 0) is 23.9 Å². The number of aldehydes is 1. The monoisotopic (exact) mass is 804 g/mol. The SMILES string of the molecule is CCN(/C(=C(/C)C=O)C12CC[C@]3(C)C(CCC4C5(C)CCC(OC(=O)CC(C)(C)C(=O)O)C(C)(C)C5CCC43C)C1=C(C(C)C)C(=O)C2)N(C)c1ccc(Cl)cc1. The summed E-state index contributed by atoms with van der Waals surface area (Å²) in [5, 5.41) is 14.7. The molecule has 6 rings (SSSR count). The Morgan fingerprint density at radius 2 is 1.61 bits per heavy atom. The van der Waals surface area contributed by atoms with Gasteiger partial charge in [0.25, 0.3) is 0 Å². The van der Waals surface area contributed by atoms with Crippen LogP contribution < -0.4 is 5.01 Å². The van der Waals surface area contributed by atoms with Gasteiger partial charge in [-0.3, -0.25) is 29.2 Å². The lowest BCUT2D eigenvalue weighted by Crippen LogP contribution is -2.66. The molecule has 5 aliphatic rings. The Labute approximate surface area is 347 Å². The Balaban J connectivity index is 1.38. The van der Waals surface area contributed by atoms with Gasteiger partial charge < -0.3 is 9.84 Å². The molecule has 314 valence electrons. The standard InChI is InChI=1S/C48H69ClN2O6/c1-13-51(50(12)32-16-14-31(49)15-17-32)41(30(4)28-52)48-25-24-46(10)33(40(48)39(29(2)3)34(53)26-48)18-19-36-45(9)22-21-37(57-38(54)27-43(5,6)42(55)56)44(7,8)35(45)20-23-47(36,46)11/h14-17,28-29,33,35-37H,13,18-27H2,1-12H3,(H,55,56)/b41-30-/t33?,35?,36?,37?,45?,46-,47?,48?/m1/s1. The molecule has 0 saturated heterocycles. The third-order valence-electron chi connectivity index (χ3n) is 16.9. The number of hydrogen-bond acceptors (Lipinski definition) is 7. The van der Waals surface area contributed by atoms with E-state index in [4.69, 9.17) is 16.3 Å². The normalized spacial score (nSPS) is 35.0. The summed E-state index contributed by atoms with van der Waals surface area (Å²) >= 11 is 6.31. The van der Waals surface area contributed by atoms with Crippen molar-refractivity contribution < 1.29 is 29.0 Å². The van der Waals surface area contributed by atoms with E-state index in [0.717, 1.165) is 74.6 Å². The Bertz CT molecular complexity index is 1860. The number of anilines is 1. The second-order valence-corrected chi connectivity index (χ2v) is 21.3. The number of carboxylic acid groups (broad SMARTS) is 1. The molecule has 0 bridgehead atoms. The first kappa shape index (κ1) is 43.4. The largest absolute Gasteiger partial charge is 0.481 e. The van der Waals surface area contributed by atoms with E-state index in [2.05, 4.69) is 65.4 Å². The fourth-order valence-electron chi connectivity index (χ4n) is 13.9. The van der Waals surface area contributed by atoms with Crippen molar-refractivity contribution in [3.63, 3.8) is 0 Å². The second kappa shape index (κ2) is 14.9. The maximum absolute atomic E-state index is 14.6. The summed E-state index contributed by atoms with van der Waals surface area (Å²) < 4.78 is 6.20. The minimum absolute atomic E-state index is 0.00722. The van der Waals surface area contributed by atoms with Gasteiger partial charge in [0.15, 0.2) is 5.78 Å². The first-order chi connectivity index (χ1) is 26.5. The smallest absolute Gasteiger partial charge is 0.309 e. The number of aliphatic carboxylic acids is 1. The van der Waals surface area contributed by atoms with Crippen molar-refractivity contribution in [2.75, 3.05) is 18.6 Å². The summed E-state index contributed by atoms with van der Waals surface area (Å²) in [6.07, 6.45) is 8.61. The Morgan fingerprint density at radius 3 is 2.19 bits per heavy atom. The summed E-state index contributed by atoms with van der Waals surface area (Å²) in [5.74, 6) is -0.129. The molecule has 8 atom stereocenters. The number of nitrogens with zero attached hydrogens (tertiary/aromatic N) is 2. The minimum atomic E-state index is -1.18. The molecule has 8 nitrogen and oxygen atoms in total. The van der Waals surface area contributed by atoms with Crippen LogP contribution in [0.2, 0.25) is 5.02 Å². The number of esters is 1. The van der Waals surface area contributed by atoms with Crippen LogP contribution in [0.25, 0.3) is 0 Å². The predicted molar refractivity (Wildman–Crippen MR) is 226 cm³/mol. The first-order valence-electron chi connectivity index (χ1n) is 21.6. The van der Waals surface area contributed by atoms with Crippen LogP contribution in [-0.4, -0.2) is 53.8 Å². The van der Waals surface area contributed by atoms with Gasteiger partial charge in [-0.05, 0) is 154 Å². The van der Waals surface area contributed by atoms with Crippen molar-refractivity contribution in [1.82, 2.24) is 5.01 Å². The number of ether oxygens (including phenoxy) is 1. The fraction of sp³-hybridized carbons (Fsp3) is 0.708. The highest BCUT2D eigenvalue weighted by molar-refractivity contribution is 6.30. The molecule has 4 saturated carbocycles. The van der Waals surface area contributed by atoms with Crippen molar-refractivity contribution in [2.24, 2.45) is 56.2 Å². The van der Waals surface area contributed by atoms with Crippen LogP contribution in [0, 0.1) is 56.2 Å². The van der Waals surface area contributed by atoms with Gasteiger partial charge in [-0.1, -0.05) is 60.1 Å². The maximum Gasteiger partial charge on any atom is 0.309 e. The van der Waals surface area contributed by atoms with Crippen LogP contribution in [0.1, 0.15) is 140 Å². The Morgan fingerprint density at radius 1 is 0.965 bits per heavy atom. The summed E-state index contributed by atoms with van der Waals surface area (Å²) in [6, 6.07) is 7.78. The molecule has 0 aromatic heterocycles. The Hall–Kier alpha value is -3.13. The van der Waals surface area contributed by atoms with Gasteiger partial charge in [0, 0.05) is 41.4 Å². The average molecular weight is 806 g/mol. The highest BCUT2D eigenvalue weighted by Crippen LogP contribution is 2.77. The zero-order valence-corrected chi connectivity index (χ0v) is 37.6. The third-order valence-corrected chi connectivity index (χ3v) is 17.2. The number of fused-ring (bicyclic) bond motifs is 7. The molecular formula is C48H69ClN2O6. The van der Waals surface area contributed by atoms with Gasteiger partial charge in [0.1, 0.15) is 12.4 Å². The number of carboxylic acids is 1. The Kier molecular flexibility index (Phi) is 11.3. The van der Waals surface area contributed by atoms with Gasteiger partial charge in [-0.15, -0.1) is 0 Å². The van der Waals surface area contributed by atoms with Gasteiger partial charge in [0.05, 0.1) is 23.2 Å². The van der Waals surface area contributed by atoms with Crippen molar-refractivity contribution in [3.8, 4) is 0 Å². The highest BCUT2D eigenvalue weighted by Gasteiger charge is 2.71. The van der Waals surface area contributed by atoms with E-state index >= 15 is 0 Å². The average Bonchev–Trinajstić information content (AvgIpc) is 3.44. The van der Waals surface area contributed by atoms with Crippen LogP contribution in [0.3, 0.4) is 0 Å². The number of carbonyl (C=O) groups excluding carboxylic acids is 3. The number of rotatable bonds is 11. The molecule has 0 radical (unpaired) electrons. The third kappa shape index (κ3) is 6.61. The molecule has 7 unspecified atom stereocenters. The number of allylic oxidation sites excluding steroid dienone is 3. The maximum atomic E-state index is 14.6. The first-order valence-corrected chi connectivity index (χ1v) is 22.0. The fourth-order valence-corrected chi connectivity index (χ4v) is 14.1. The number of carbonyl (C=O) groups is 4. The topological polar surface area (TPSA) is 104 Å². The van der Waals surface area contributed by atoms with Crippen molar-refractivity contribution >= 4 is 41.3 Å². The molecule has 1 N–H and O–H groups in total. The summed E-state index contributed by atoms with van der Waals surface area (Å²) in [5.41, 5.74) is 2.84. The van der Waals surface area contributed by atoms with Crippen molar-refractivity contribution in [1.29, 1.82) is 0 Å². The van der Waals surface area contributed by atoms with E-state index in [1.54, 1.807) is 13.8 Å². The lowest BCUT2D eigenvalue weighted by molar-refractivity contribution is -0.233. The zero-order chi connectivity index (χ0) is 42.3. The van der Waals surface area contributed by atoms with Crippen LogP contribution in [0.4, 0.5) is 5.69 Å². The van der Waals surface area contributed by atoms with E-state index in [1.165, 1.54) is 5.57 Å². The molecular weight excluding hydrogens is 736 g/mol. The van der Waals surface area contributed by atoms with E-state index < -0.39 is 22.8 Å². The minimum Gasteiger partial charge on any atom is -0.481 e. The molecule has 0 heterocycles.